The van der Waals surface area contributed by atoms with Gasteiger partial charge in [-0.1, -0.05) is 12.1 Å². The Morgan fingerprint density at radius 2 is 1.82 bits per heavy atom. The van der Waals surface area contributed by atoms with Gasteiger partial charge in [0.2, 0.25) is 0 Å². The van der Waals surface area contributed by atoms with Crippen molar-refractivity contribution in [2.24, 2.45) is 5.73 Å². The zero-order chi connectivity index (χ0) is 12.6. The molecule has 0 aliphatic rings. The van der Waals surface area contributed by atoms with Crippen LogP contribution in [0.25, 0.3) is 0 Å². The van der Waals surface area contributed by atoms with Crippen LogP contribution in [0, 0.1) is 19.7 Å². The van der Waals surface area contributed by atoms with E-state index >= 15 is 0 Å². The Balaban J connectivity index is 2.41. The number of furan rings is 1. The summed E-state index contributed by atoms with van der Waals surface area (Å²) >= 11 is 5.70. The molecule has 0 saturated carbocycles. The summed E-state index contributed by atoms with van der Waals surface area (Å²) in [5, 5.41) is 0.297. The van der Waals surface area contributed by atoms with Crippen molar-refractivity contribution in [3.63, 3.8) is 0 Å². The third kappa shape index (κ3) is 2.35. The van der Waals surface area contributed by atoms with E-state index in [9.17, 15) is 4.39 Å². The van der Waals surface area contributed by atoms with E-state index in [-0.39, 0.29) is 5.82 Å². The van der Waals surface area contributed by atoms with E-state index in [0.29, 0.717) is 22.1 Å². The lowest BCUT2D eigenvalue weighted by molar-refractivity contribution is 0.491. The first kappa shape index (κ1) is 12.1. The van der Waals surface area contributed by atoms with E-state index in [1.165, 1.54) is 0 Å². The van der Waals surface area contributed by atoms with Gasteiger partial charge in [0.1, 0.15) is 11.6 Å². The van der Waals surface area contributed by atoms with E-state index in [0.717, 1.165) is 5.56 Å². The second-order valence-electron chi connectivity index (χ2n) is 4.09. The zero-order valence-corrected chi connectivity index (χ0v) is 10.4. The highest BCUT2D eigenvalue weighted by Gasteiger charge is 2.15. The minimum atomic E-state index is -0.430. The van der Waals surface area contributed by atoms with Crippen LogP contribution in [-0.4, -0.2) is 0 Å². The van der Waals surface area contributed by atoms with Crippen LogP contribution in [0.15, 0.2) is 28.7 Å². The number of hydrogen-bond acceptors (Lipinski definition) is 2. The average molecular weight is 254 g/mol. The summed E-state index contributed by atoms with van der Waals surface area (Å²) in [4.78, 5) is 0. The second-order valence-corrected chi connectivity index (χ2v) is 4.46. The van der Waals surface area contributed by atoms with Crippen molar-refractivity contribution < 1.29 is 8.81 Å². The standard InChI is InChI=1S/C13H13ClFNO/c1-7-5-9(6-8(2)12(7)15)13(16)10-3-4-11(14)17-10/h3-6,13H,16H2,1-2H3. The van der Waals surface area contributed by atoms with Crippen LogP contribution in [0.3, 0.4) is 0 Å². The highest BCUT2D eigenvalue weighted by Crippen LogP contribution is 2.26. The number of rotatable bonds is 2. The molecule has 2 rings (SSSR count). The second kappa shape index (κ2) is 4.51. The quantitative estimate of drug-likeness (QED) is 0.886. The van der Waals surface area contributed by atoms with E-state index in [2.05, 4.69) is 0 Å². The average Bonchev–Trinajstić information content (AvgIpc) is 2.71. The van der Waals surface area contributed by atoms with Crippen LogP contribution in [-0.2, 0) is 0 Å². The Morgan fingerprint density at radius 1 is 1.24 bits per heavy atom. The van der Waals surface area contributed by atoms with Crippen molar-refractivity contribution >= 4 is 11.6 Å². The molecule has 90 valence electrons. The smallest absolute Gasteiger partial charge is 0.193 e. The molecule has 0 bridgehead atoms. The van der Waals surface area contributed by atoms with Gasteiger partial charge in [0.25, 0.3) is 0 Å². The molecular formula is C13H13ClFNO. The normalized spacial score (nSPS) is 12.8. The van der Waals surface area contributed by atoms with Crippen molar-refractivity contribution in [3.05, 3.63) is 57.8 Å². The Labute approximate surface area is 104 Å². The van der Waals surface area contributed by atoms with Crippen LogP contribution < -0.4 is 5.73 Å². The molecule has 1 atom stereocenters. The summed E-state index contributed by atoms with van der Waals surface area (Å²) in [6, 6.07) is 6.38. The van der Waals surface area contributed by atoms with E-state index in [4.69, 9.17) is 21.8 Å². The Hall–Kier alpha value is -1.32. The van der Waals surface area contributed by atoms with Gasteiger partial charge < -0.3 is 10.2 Å². The molecule has 0 amide bonds. The maximum atomic E-state index is 13.5. The Bertz CT molecular complexity index is 527. The first-order chi connectivity index (χ1) is 7.99. The van der Waals surface area contributed by atoms with E-state index in [1.807, 2.05) is 0 Å². The number of nitrogens with two attached hydrogens (primary N) is 1. The van der Waals surface area contributed by atoms with Crippen LogP contribution in [0.1, 0.15) is 28.5 Å². The number of benzene rings is 1. The van der Waals surface area contributed by atoms with Gasteiger partial charge >= 0.3 is 0 Å². The third-order valence-corrected chi connectivity index (χ3v) is 2.92. The van der Waals surface area contributed by atoms with Crippen LogP contribution in [0.2, 0.25) is 5.22 Å². The van der Waals surface area contributed by atoms with Gasteiger partial charge in [-0.05, 0) is 54.3 Å². The summed E-state index contributed by atoms with van der Waals surface area (Å²) < 4.78 is 18.8. The monoisotopic (exact) mass is 253 g/mol. The summed E-state index contributed by atoms with van der Waals surface area (Å²) in [7, 11) is 0. The van der Waals surface area contributed by atoms with Crippen LogP contribution in [0.4, 0.5) is 4.39 Å². The fraction of sp³-hybridized carbons (Fsp3) is 0.231. The van der Waals surface area contributed by atoms with Crippen molar-refractivity contribution in [3.8, 4) is 0 Å². The summed E-state index contributed by atoms with van der Waals surface area (Å²) in [5.41, 5.74) is 8.01. The fourth-order valence-electron chi connectivity index (χ4n) is 1.82. The SMILES string of the molecule is Cc1cc(C(N)c2ccc(Cl)o2)cc(C)c1F. The van der Waals surface area contributed by atoms with Gasteiger partial charge in [0.15, 0.2) is 5.22 Å². The van der Waals surface area contributed by atoms with Gasteiger partial charge in [-0.15, -0.1) is 0 Å². The molecular weight excluding hydrogens is 241 g/mol. The third-order valence-electron chi connectivity index (χ3n) is 2.72. The van der Waals surface area contributed by atoms with Gasteiger partial charge in [-0.25, -0.2) is 4.39 Å². The Morgan fingerprint density at radius 3 is 2.29 bits per heavy atom. The Kier molecular flexibility index (Phi) is 3.22. The predicted octanol–water partition coefficient (Wildman–Crippen LogP) is 3.74. The molecule has 0 spiro atoms. The molecule has 1 aromatic carbocycles. The summed E-state index contributed by atoms with van der Waals surface area (Å²) in [5.74, 6) is 0.374. The number of halogens is 2. The molecule has 2 N–H and O–H groups in total. The first-order valence-electron chi connectivity index (χ1n) is 5.26. The maximum Gasteiger partial charge on any atom is 0.193 e. The molecule has 2 aromatic rings. The van der Waals surface area contributed by atoms with Gasteiger partial charge in [0.05, 0.1) is 6.04 Å². The molecule has 17 heavy (non-hydrogen) atoms. The molecule has 0 aliphatic heterocycles. The zero-order valence-electron chi connectivity index (χ0n) is 9.63. The molecule has 2 nitrogen and oxygen atoms in total. The van der Waals surface area contributed by atoms with Crippen molar-refractivity contribution in [2.75, 3.05) is 0 Å². The van der Waals surface area contributed by atoms with Crippen LogP contribution >= 0.6 is 11.6 Å². The van der Waals surface area contributed by atoms with Gasteiger partial charge in [0, 0.05) is 0 Å². The lowest BCUT2D eigenvalue weighted by Crippen LogP contribution is -2.11. The lowest BCUT2D eigenvalue weighted by Gasteiger charge is -2.12. The largest absolute Gasteiger partial charge is 0.448 e. The number of aryl methyl sites for hydroxylation is 2. The predicted molar refractivity (Wildman–Crippen MR) is 65.6 cm³/mol. The van der Waals surface area contributed by atoms with Gasteiger partial charge in [-0.2, -0.15) is 0 Å². The maximum absolute atomic E-state index is 13.5. The summed E-state index contributed by atoms with van der Waals surface area (Å²) in [6.07, 6.45) is 0. The molecule has 4 heteroatoms. The lowest BCUT2D eigenvalue weighted by atomic mass is 10.00. The van der Waals surface area contributed by atoms with Crippen LogP contribution in [0.5, 0.6) is 0 Å². The molecule has 1 heterocycles. The summed E-state index contributed by atoms with van der Waals surface area (Å²) in [6.45, 7) is 3.43. The van der Waals surface area contributed by atoms with Gasteiger partial charge in [-0.3, -0.25) is 0 Å². The van der Waals surface area contributed by atoms with E-state index < -0.39 is 6.04 Å². The topological polar surface area (TPSA) is 39.2 Å². The van der Waals surface area contributed by atoms with Crippen molar-refractivity contribution in [1.82, 2.24) is 0 Å². The molecule has 1 aromatic heterocycles. The molecule has 0 saturated heterocycles. The van der Waals surface area contributed by atoms with Crippen molar-refractivity contribution in [1.29, 1.82) is 0 Å². The molecule has 0 aliphatic carbocycles. The van der Waals surface area contributed by atoms with E-state index in [1.54, 1.807) is 38.1 Å². The highest BCUT2D eigenvalue weighted by atomic mass is 35.5. The molecule has 0 radical (unpaired) electrons. The fourth-order valence-corrected chi connectivity index (χ4v) is 1.97. The minimum absolute atomic E-state index is 0.196. The first-order valence-corrected chi connectivity index (χ1v) is 5.64. The van der Waals surface area contributed by atoms with Crippen molar-refractivity contribution in [2.45, 2.75) is 19.9 Å². The molecule has 0 fully saturated rings. The number of hydrogen-bond donors (Lipinski definition) is 1. The minimum Gasteiger partial charge on any atom is -0.448 e. The highest BCUT2D eigenvalue weighted by molar-refractivity contribution is 6.28. The molecule has 1 unspecified atom stereocenters.